The van der Waals surface area contributed by atoms with Gasteiger partial charge in [0.25, 0.3) is 0 Å². The highest BCUT2D eigenvalue weighted by molar-refractivity contribution is 5.78. The summed E-state index contributed by atoms with van der Waals surface area (Å²) >= 11 is 0. The maximum atomic E-state index is 11.2. The molecule has 3 heteroatoms. The first-order valence-electron chi connectivity index (χ1n) is 5.17. The lowest BCUT2D eigenvalue weighted by atomic mass is 10.1. The quantitative estimate of drug-likeness (QED) is 0.506. The van der Waals surface area contributed by atoms with E-state index < -0.39 is 0 Å². The van der Waals surface area contributed by atoms with Gasteiger partial charge in [-0.25, -0.2) is 0 Å². The maximum absolute atomic E-state index is 11.2. The molecule has 0 fully saturated rings. The molecule has 0 aromatic rings. The second kappa shape index (κ2) is 10.4. The summed E-state index contributed by atoms with van der Waals surface area (Å²) in [5.74, 6) is 0.298. The van der Waals surface area contributed by atoms with Crippen LogP contribution in [0.5, 0.6) is 0 Å². The minimum atomic E-state index is 0.298. The van der Waals surface area contributed by atoms with Crippen LogP contribution >= 0.6 is 0 Å². The highest BCUT2D eigenvalue weighted by Gasteiger charge is 2.01. The highest BCUT2D eigenvalue weighted by atomic mass is 16.5. The van der Waals surface area contributed by atoms with Crippen molar-refractivity contribution in [3.8, 4) is 0 Å². The van der Waals surface area contributed by atoms with Crippen LogP contribution in [0.2, 0.25) is 0 Å². The number of methoxy groups -OCH3 is 1. The van der Waals surface area contributed by atoms with Gasteiger partial charge < -0.3 is 4.74 Å². The minimum Gasteiger partial charge on any atom is -0.385 e. The van der Waals surface area contributed by atoms with Crippen molar-refractivity contribution in [1.82, 2.24) is 0 Å². The van der Waals surface area contributed by atoms with E-state index in [1.807, 2.05) is 6.29 Å². The molecule has 0 bridgehead atoms. The van der Waals surface area contributed by atoms with Crippen LogP contribution in [0.15, 0.2) is 0 Å². The molecule has 0 aliphatic rings. The second-order valence-electron chi connectivity index (χ2n) is 3.34. The molecule has 0 aromatic carbocycles. The van der Waals surface area contributed by atoms with Crippen molar-refractivity contribution < 1.29 is 14.3 Å². The molecular formula is C11H19O3. The summed E-state index contributed by atoms with van der Waals surface area (Å²) in [6, 6.07) is 0. The van der Waals surface area contributed by atoms with Crippen LogP contribution < -0.4 is 0 Å². The number of ketones is 1. The summed E-state index contributed by atoms with van der Waals surface area (Å²) in [6.07, 6.45) is 6.99. The number of carbonyl (C=O) groups is 1. The average molecular weight is 199 g/mol. The Hall–Kier alpha value is -0.700. The Morgan fingerprint density at radius 3 is 2.36 bits per heavy atom. The van der Waals surface area contributed by atoms with Gasteiger partial charge in [0.15, 0.2) is 6.29 Å². The van der Waals surface area contributed by atoms with Crippen molar-refractivity contribution >= 4 is 12.1 Å². The van der Waals surface area contributed by atoms with Crippen molar-refractivity contribution in [2.75, 3.05) is 13.7 Å². The molecule has 0 N–H and O–H groups in total. The van der Waals surface area contributed by atoms with E-state index in [-0.39, 0.29) is 0 Å². The fourth-order valence-electron chi connectivity index (χ4n) is 1.21. The first-order valence-corrected chi connectivity index (χ1v) is 5.17. The number of rotatable bonds is 10. The van der Waals surface area contributed by atoms with Crippen LogP contribution in [-0.4, -0.2) is 25.8 Å². The first-order chi connectivity index (χ1) is 6.81. The van der Waals surface area contributed by atoms with E-state index >= 15 is 0 Å². The van der Waals surface area contributed by atoms with Crippen molar-refractivity contribution in [3.63, 3.8) is 0 Å². The summed E-state index contributed by atoms with van der Waals surface area (Å²) in [6.45, 7) is 0.730. The smallest absolute Gasteiger partial charge is 0.198 e. The molecule has 0 atom stereocenters. The van der Waals surface area contributed by atoms with Gasteiger partial charge in [-0.15, -0.1) is 0 Å². The number of ether oxygens (including phenoxy) is 1. The lowest BCUT2D eigenvalue weighted by molar-refractivity contribution is -0.119. The lowest BCUT2D eigenvalue weighted by Gasteiger charge is -2.00. The largest absolute Gasteiger partial charge is 0.385 e. The van der Waals surface area contributed by atoms with E-state index in [0.717, 1.165) is 32.3 Å². The Labute approximate surface area is 85.8 Å². The number of hydrogen-bond acceptors (Lipinski definition) is 3. The molecule has 0 rings (SSSR count). The Morgan fingerprint density at radius 1 is 1.14 bits per heavy atom. The number of Topliss-reactive ketones (excluding diaryl/α,β-unsaturated/α-hetero) is 1. The molecule has 0 aliphatic carbocycles. The molecule has 0 saturated heterocycles. The topological polar surface area (TPSA) is 43.4 Å². The molecule has 3 nitrogen and oxygen atoms in total. The van der Waals surface area contributed by atoms with Crippen LogP contribution in [0.25, 0.3) is 0 Å². The zero-order chi connectivity index (χ0) is 10.6. The SMILES string of the molecule is COCCCCC(=O)CCCC[C]=O. The van der Waals surface area contributed by atoms with E-state index in [1.54, 1.807) is 7.11 Å². The zero-order valence-corrected chi connectivity index (χ0v) is 8.88. The first kappa shape index (κ1) is 13.3. The second-order valence-corrected chi connectivity index (χ2v) is 3.34. The predicted molar refractivity (Wildman–Crippen MR) is 54.9 cm³/mol. The van der Waals surface area contributed by atoms with Gasteiger partial charge in [0.2, 0.25) is 0 Å². The van der Waals surface area contributed by atoms with Crippen molar-refractivity contribution in [2.45, 2.75) is 44.9 Å². The maximum Gasteiger partial charge on any atom is 0.198 e. The van der Waals surface area contributed by atoms with Gasteiger partial charge in [-0.1, -0.05) is 0 Å². The number of hydrogen-bond donors (Lipinski definition) is 0. The van der Waals surface area contributed by atoms with Crippen molar-refractivity contribution in [3.05, 3.63) is 0 Å². The van der Waals surface area contributed by atoms with Gasteiger partial charge in [-0.3, -0.25) is 9.59 Å². The third kappa shape index (κ3) is 9.39. The third-order valence-corrected chi connectivity index (χ3v) is 2.04. The fourth-order valence-corrected chi connectivity index (χ4v) is 1.21. The predicted octanol–water partition coefficient (Wildman–Crippen LogP) is 2.04. The Bertz CT molecular complexity index is 155. The average Bonchev–Trinajstić information content (AvgIpc) is 2.19. The molecule has 0 spiro atoms. The molecule has 81 valence electrons. The molecular weight excluding hydrogens is 180 g/mol. The van der Waals surface area contributed by atoms with Crippen LogP contribution in [-0.2, 0) is 14.3 Å². The van der Waals surface area contributed by atoms with Gasteiger partial charge in [0.05, 0.1) is 0 Å². The number of unbranched alkanes of at least 4 members (excludes halogenated alkanes) is 3. The third-order valence-electron chi connectivity index (χ3n) is 2.04. The molecule has 0 amide bonds. The molecule has 0 aromatic heterocycles. The highest BCUT2D eigenvalue weighted by Crippen LogP contribution is 2.04. The van der Waals surface area contributed by atoms with Crippen LogP contribution in [0.3, 0.4) is 0 Å². The fraction of sp³-hybridized carbons (Fsp3) is 0.818. The van der Waals surface area contributed by atoms with E-state index in [9.17, 15) is 9.59 Å². The van der Waals surface area contributed by atoms with Gasteiger partial charge in [-0.2, -0.15) is 0 Å². The van der Waals surface area contributed by atoms with Crippen LogP contribution in [0.1, 0.15) is 44.9 Å². The molecule has 1 radical (unpaired) electrons. The molecule has 0 heterocycles. The Balaban J connectivity index is 3.15. The zero-order valence-electron chi connectivity index (χ0n) is 8.88. The van der Waals surface area contributed by atoms with Gasteiger partial charge in [0, 0.05) is 33.0 Å². The van der Waals surface area contributed by atoms with E-state index in [0.29, 0.717) is 25.0 Å². The normalized spacial score (nSPS) is 10.1. The monoisotopic (exact) mass is 199 g/mol. The molecule has 0 aliphatic heterocycles. The molecule has 14 heavy (non-hydrogen) atoms. The Kier molecular flexibility index (Phi) is 9.86. The summed E-state index contributed by atoms with van der Waals surface area (Å²) in [5, 5.41) is 0. The van der Waals surface area contributed by atoms with Crippen molar-refractivity contribution in [1.29, 1.82) is 0 Å². The van der Waals surface area contributed by atoms with E-state index in [4.69, 9.17) is 4.74 Å². The Morgan fingerprint density at radius 2 is 1.79 bits per heavy atom. The van der Waals surface area contributed by atoms with E-state index in [2.05, 4.69) is 0 Å². The van der Waals surface area contributed by atoms with Gasteiger partial charge in [0.1, 0.15) is 5.78 Å². The summed E-state index contributed by atoms with van der Waals surface area (Å²) < 4.78 is 4.88. The standard InChI is InChI=1S/C11H19O3/c1-14-10-6-4-8-11(13)7-3-2-5-9-12/h2-8,10H2,1H3. The van der Waals surface area contributed by atoms with Gasteiger partial charge >= 0.3 is 0 Å². The lowest BCUT2D eigenvalue weighted by Crippen LogP contribution is -1.99. The van der Waals surface area contributed by atoms with Crippen LogP contribution in [0.4, 0.5) is 0 Å². The number of carbonyl (C=O) groups excluding carboxylic acids is 2. The van der Waals surface area contributed by atoms with E-state index in [1.165, 1.54) is 0 Å². The van der Waals surface area contributed by atoms with Crippen LogP contribution in [0, 0.1) is 0 Å². The van der Waals surface area contributed by atoms with Crippen molar-refractivity contribution in [2.24, 2.45) is 0 Å². The summed E-state index contributed by atoms with van der Waals surface area (Å²) in [5.41, 5.74) is 0. The summed E-state index contributed by atoms with van der Waals surface area (Å²) in [7, 11) is 1.66. The molecule has 0 unspecified atom stereocenters. The summed E-state index contributed by atoms with van der Waals surface area (Å²) in [4.78, 5) is 21.1. The molecule has 0 saturated carbocycles. The van der Waals surface area contributed by atoms with Gasteiger partial charge in [-0.05, 0) is 25.7 Å². The minimum absolute atomic E-state index is 0.298.